The van der Waals surface area contributed by atoms with Crippen LogP contribution in [0.3, 0.4) is 0 Å². The van der Waals surface area contributed by atoms with Gasteiger partial charge in [-0.1, -0.05) is 42.5 Å². The molecule has 6 heteroatoms. The highest BCUT2D eigenvalue weighted by molar-refractivity contribution is 5.79. The van der Waals surface area contributed by atoms with Crippen molar-refractivity contribution in [3.63, 3.8) is 0 Å². The smallest absolute Gasteiger partial charge is 0.224 e. The summed E-state index contributed by atoms with van der Waals surface area (Å²) in [6, 6.07) is 20.6. The number of rotatable bonds is 5. The zero-order chi connectivity index (χ0) is 21.9. The van der Waals surface area contributed by atoms with E-state index in [9.17, 15) is 4.79 Å². The molecular weight excluding hydrogens is 398 g/mol. The molecule has 0 saturated carbocycles. The molecule has 0 unspecified atom stereocenters. The maximum Gasteiger partial charge on any atom is 0.224 e. The largest absolute Gasteiger partial charge is 0.355 e. The molecule has 2 aromatic heterocycles. The minimum atomic E-state index is -0.101. The lowest BCUT2D eigenvalue weighted by molar-refractivity contribution is -0.124. The summed E-state index contributed by atoms with van der Waals surface area (Å²) < 4.78 is 2.15. The Bertz CT molecular complexity index is 1230. The van der Waals surface area contributed by atoms with Crippen LogP contribution in [-0.4, -0.2) is 45.0 Å². The predicted molar refractivity (Wildman–Crippen MR) is 126 cm³/mol. The number of nitrogens with one attached hydrogen (secondary N) is 1. The van der Waals surface area contributed by atoms with Gasteiger partial charge in [-0.25, -0.2) is 4.98 Å². The molecular formula is C26H27N5O. The molecule has 4 aromatic rings. The van der Waals surface area contributed by atoms with Gasteiger partial charge in [-0.2, -0.15) is 0 Å². The zero-order valence-corrected chi connectivity index (χ0v) is 18.2. The predicted octanol–water partition coefficient (Wildman–Crippen LogP) is 3.43. The van der Waals surface area contributed by atoms with Crippen LogP contribution < -0.4 is 5.32 Å². The third-order valence-corrected chi connectivity index (χ3v) is 6.23. The summed E-state index contributed by atoms with van der Waals surface area (Å²) in [5, 5.41) is 3.10. The fourth-order valence-corrected chi connectivity index (χ4v) is 4.50. The number of aromatic nitrogens is 3. The number of hydrogen-bond donors (Lipinski definition) is 1. The van der Waals surface area contributed by atoms with Crippen molar-refractivity contribution in [3.8, 4) is 11.1 Å². The molecule has 6 nitrogen and oxygen atoms in total. The van der Waals surface area contributed by atoms with Crippen LogP contribution in [0.4, 0.5) is 0 Å². The highest BCUT2D eigenvalue weighted by Gasteiger charge is 2.26. The number of imidazole rings is 1. The summed E-state index contributed by atoms with van der Waals surface area (Å²) in [7, 11) is 2.06. The first kappa shape index (κ1) is 20.4. The van der Waals surface area contributed by atoms with Crippen molar-refractivity contribution in [2.45, 2.75) is 13.0 Å². The van der Waals surface area contributed by atoms with E-state index >= 15 is 0 Å². The molecule has 5 rings (SSSR count). The monoisotopic (exact) mass is 425 g/mol. The second-order valence-corrected chi connectivity index (χ2v) is 8.45. The average Bonchev–Trinajstić information content (AvgIpc) is 3.03. The summed E-state index contributed by atoms with van der Waals surface area (Å²) in [4.78, 5) is 24.2. The van der Waals surface area contributed by atoms with Gasteiger partial charge in [0.1, 0.15) is 5.82 Å². The van der Waals surface area contributed by atoms with E-state index in [1.54, 1.807) is 6.20 Å². The highest BCUT2D eigenvalue weighted by Crippen LogP contribution is 2.22. The maximum absolute atomic E-state index is 12.8. The Kier molecular flexibility index (Phi) is 5.69. The summed E-state index contributed by atoms with van der Waals surface area (Å²) in [6.45, 7) is 2.93. The third-order valence-electron chi connectivity index (χ3n) is 6.23. The van der Waals surface area contributed by atoms with Crippen molar-refractivity contribution in [2.75, 3.05) is 19.6 Å². The van der Waals surface area contributed by atoms with Crippen LogP contribution in [-0.2, 0) is 24.8 Å². The Morgan fingerprint density at radius 3 is 2.78 bits per heavy atom. The quantitative estimate of drug-likeness (QED) is 0.532. The van der Waals surface area contributed by atoms with Crippen molar-refractivity contribution in [2.24, 2.45) is 13.0 Å². The van der Waals surface area contributed by atoms with Gasteiger partial charge in [0.05, 0.1) is 23.5 Å². The Labute approximate surface area is 187 Å². The molecule has 1 fully saturated rings. The van der Waals surface area contributed by atoms with Crippen LogP contribution >= 0.6 is 0 Å². The minimum absolute atomic E-state index is 0.101. The van der Waals surface area contributed by atoms with Crippen molar-refractivity contribution in [3.05, 3.63) is 84.4 Å². The van der Waals surface area contributed by atoms with Gasteiger partial charge in [0, 0.05) is 39.1 Å². The zero-order valence-electron chi connectivity index (χ0n) is 18.2. The molecule has 32 heavy (non-hydrogen) atoms. The fraction of sp³-hybridized carbons (Fsp3) is 0.269. The van der Waals surface area contributed by atoms with Gasteiger partial charge in [0.25, 0.3) is 0 Å². The minimum Gasteiger partial charge on any atom is -0.355 e. The first-order valence-electron chi connectivity index (χ1n) is 11.1. The molecule has 1 saturated heterocycles. The summed E-state index contributed by atoms with van der Waals surface area (Å²) in [5.41, 5.74) is 5.52. The van der Waals surface area contributed by atoms with Gasteiger partial charge in [0.2, 0.25) is 5.91 Å². The number of carbonyl (C=O) groups excluding carboxylic acids is 1. The number of fused-ring (bicyclic) bond motifs is 1. The van der Waals surface area contributed by atoms with Crippen molar-refractivity contribution in [1.29, 1.82) is 0 Å². The molecule has 0 radical (unpaired) electrons. The summed E-state index contributed by atoms with van der Waals surface area (Å²) in [5.74, 6) is 1.05. The standard InChI is InChI=1S/C26H27N5O/c1-30-24-10-3-2-9-23(24)29-25(30)18-31-13-12-28-26(32)22(17-31)15-19-6-4-7-20(14-19)21-8-5-11-27-16-21/h2-11,14,16,22H,12-13,15,17-18H2,1H3,(H,28,32)/t22-/m0/s1. The van der Waals surface area contributed by atoms with Crippen LogP contribution in [0.2, 0.25) is 0 Å². The Balaban J connectivity index is 1.34. The van der Waals surface area contributed by atoms with E-state index in [2.05, 4.69) is 63.2 Å². The van der Waals surface area contributed by atoms with Gasteiger partial charge in [-0.05, 0) is 41.3 Å². The van der Waals surface area contributed by atoms with Crippen LogP contribution in [0, 0.1) is 5.92 Å². The maximum atomic E-state index is 12.8. The number of amides is 1. The first-order valence-corrected chi connectivity index (χ1v) is 11.1. The van der Waals surface area contributed by atoms with Crippen LogP contribution in [0.5, 0.6) is 0 Å². The third kappa shape index (κ3) is 4.27. The Morgan fingerprint density at radius 2 is 1.94 bits per heavy atom. The van der Waals surface area contributed by atoms with Crippen molar-refractivity contribution >= 4 is 16.9 Å². The summed E-state index contributed by atoms with van der Waals surface area (Å²) >= 11 is 0. The molecule has 1 atom stereocenters. The molecule has 1 aliphatic rings. The van der Waals surface area contributed by atoms with Gasteiger partial charge in [0.15, 0.2) is 0 Å². The lowest BCUT2D eigenvalue weighted by Gasteiger charge is -2.22. The van der Waals surface area contributed by atoms with E-state index in [1.807, 2.05) is 30.5 Å². The van der Waals surface area contributed by atoms with E-state index in [0.29, 0.717) is 19.5 Å². The van der Waals surface area contributed by atoms with Crippen molar-refractivity contribution < 1.29 is 4.79 Å². The normalized spacial score (nSPS) is 17.3. The van der Waals surface area contributed by atoms with Crippen LogP contribution in [0.25, 0.3) is 22.2 Å². The van der Waals surface area contributed by atoms with Crippen LogP contribution in [0.15, 0.2) is 73.1 Å². The number of carbonyl (C=O) groups is 1. The van der Waals surface area contributed by atoms with E-state index < -0.39 is 0 Å². The summed E-state index contributed by atoms with van der Waals surface area (Å²) in [6.07, 6.45) is 4.36. The van der Waals surface area contributed by atoms with E-state index in [1.165, 1.54) is 0 Å². The van der Waals surface area contributed by atoms with E-state index in [4.69, 9.17) is 4.98 Å². The molecule has 1 aliphatic heterocycles. The van der Waals surface area contributed by atoms with Gasteiger partial charge < -0.3 is 9.88 Å². The van der Waals surface area contributed by atoms with Gasteiger partial charge >= 0.3 is 0 Å². The second kappa shape index (κ2) is 8.93. The number of benzene rings is 2. The molecule has 1 amide bonds. The molecule has 2 aromatic carbocycles. The fourth-order valence-electron chi connectivity index (χ4n) is 4.50. The number of para-hydroxylation sites is 2. The van der Waals surface area contributed by atoms with E-state index in [0.717, 1.165) is 46.6 Å². The number of pyridine rings is 1. The van der Waals surface area contributed by atoms with Crippen molar-refractivity contribution in [1.82, 2.24) is 24.8 Å². The molecule has 0 bridgehead atoms. The molecule has 0 spiro atoms. The number of nitrogens with zero attached hydrogens (tertiary/aromatic N) is 4. The molecule has 162 valence electrons. The van der Waals surface area contributed by atoms with Gasteiger partial charge in [-0.15, -0.1) is 0 Å². The SMILES string of the molecule is Cn1c(CN2CCNC(=O)[C@@H](Cc3cccc(-c4cccnc4)c3)C2)nc2ccccc21. The Morgan fingerprint density at radius 1 is 1.06 bits per heavy atom. The number of hydrogen-bond acceptors (Lipinski definition) is 4. The molecule has 3 heterocycles. The van der Waals surface area contributed by atoms with E-state index in [-0.39, 0.29) is 11.8 Å². The molecule has 1 N–H and O–H groups in total. The number of aryl methyl sites for hydroxylation is 1. The lowest BCUT2D eigenvalue weighted by Crippen LogP contribution is -2.33. The molecule has 0 aliphatic carbocycles. The highest BCUT2D eigenvalue weighted by atomic mass is 16.1. The van der Waals surface area contributed by atoms with Gasteiger partial charge in [-0.3, -0.25) is 14.7 Å². The van der Waals surface area contributed by atoms with Crippen LogP contribution in [0.1, 0.15) is 11.4 Å². The second-order valence-electron chi connectivity index (χ2n) is 8.45. The topological polar surface area (TPSA) is 63.0 Å². The average molecular weight is 426 g/mol. The lowest BCUT2D eigenvalue weighted by atomic mass is 9.95. The first-order chi connectivity index (χ1) is 15.7. The Hall–Kier alpha value is -3.51.